The molecule has 154 valence electrons. The number of nitrogens with one attached hydrogen (secondary N) is 1. The van der Waals surface area contributed by atoms with E-state index in [1.807, 2.05) is 0 Å². The molecule has 4 rings (SSSR count). The summed E-state index contributed by atoms with van der Waals surface area (Å²) in [5, 5.41) is 7.41. The average molecular weight is 411 g/mol. The van der Waals surface area contributed by atoms with Gasteiger partial charge in [-0.05, 0) is 26.0 Å². The molecule has 0 bridgehead atoms. The van der Waals surface area contributed by atoms with Crippen molar-refractivity contribution < 1.29 is 18.3 Å². The van der Waals surface area contributed by atoms with Crippen molar-refractivity contribution in [1.29, 1.82) is 5.41 Å². The van der Waals surface area contributed by atoms with Crippen molar-refractivity contribution in [3.8, 4) is 22.8 Å². The van der Waals surface area contributed by atoms with Crippen LogP contribution < -0.4 is 10.5 Å². The predicted molar refractivity (Wildman–Crippen MR) is 106 cm³/mol. The summed E-state index contributed by atoms with van der Waals surface area (Å²) in [6.45, 7) is 2.84. The van der Waals surface area contributed by atoms with Crippen molar-refractivity contribution in [2.45, 2.75) is 25.4 Å². The molecule has 0 spiro atoms. The van der Waals surface area contributed by atoms with Crippen LogP contribution in [0.15, 0.2) is 43.1 Å². The van der Waals surface area contributed by atoms with Gasteiger partial charge in [-0.3, -0.25) is 5.41 Å². The van der Waals surface area contributed by atoms with Gasteiger partial charge in [0.2, 0.25) is 5.88 Å². The van der Waals surface area contributed by atoms with Crippen molar-refractivity contribution in [2.24, 2.45) is 5.73 Å². The largest absolute Gasteiger partial charge is 0.465 e. The number of aromatic nitrogens is 3. The second-order valence-corrected chi connectivity index (χ2v) is 7.42. The standard InChI is InChI=1S/C21H19F2N5O2/c1-21(2,23)12-3-15-16(9-29-20(24)25)14-4-13(11-6-26-10-27-7-11)17(22)5-18(14)30-19(15)28-8-12/h3-8,10,16H,9H2,1-2H3,(H3,24,25)/t16-/m1/s1. The molecule has 3 aromatic rings. The molecule has 0 saturated heterocycles. The maximum atomic E-state index is 14.8. The van der Waals surface area contributed by atoms with Crippen LogP contribution in [0.5, 0.6) is 11.6 Å². The van der Waals surface area contributed by atoms with Gasteiger partial charge in [0.1, 0.15) is 30.2 Å². The fourth-order valence-electron chi connectivity index (χ4n) is 3.35. The van der Waals surface area contributed by atoms with Gasteiger partial charge in [-0.1, -0.05) is 0 Å². The molecule has 1 aliphatic rings. The highest BCUT2D eigenvalue weighted by Gasteiger charge is 2.33. The number of nitrogens with zero attached hydrogens (tertiary/aromatic N) is 3. The first-order valence-corrected chi connectivity index (χ1v) is 9.17. The molecule has 0 unspecified atom stereocenters. The monoisotopic (exact) mass is 411 g/mol. The number of nitrogens with two attached hydrogens (primary N) is 1. The van der Waals surface area contributed by atoms with Crippen molar-refractivity contribution in [3.63, 3.8) is 0 Å². The summed E-state index contributed by atoms with van der Waals surface area (Å²) in [5.41, 5.74) is 6.05. The molecule has 3 heterocycles. The van der Waals surface area contributed by atoms with Crippen LogP contribution in [0.2, 0.25) is 0 Å². The summed E-state index contributed by atoms with van der Waals surface area (Å²) in [6.07, 6.45) is 5.75. The molecule has 2 aromatic heterocycles. The number of hydrogen-bond donors (Lipinski definition) is 2. The predicted octanol–water partition coefficient (Wildman–Crippen LogP) is 4.03. The van der Waals surface area contributed by atoms with Crippen LogP contribution in [-0.2, 0) is 10.4 Å². The van der Waals surface area contributed by atoms with Gasteiger partial charge in [0, 0.05) is 52.5 Å². The lowest BCUT2D eigenvalue weighted by atomic mass is 9.86. The minimum atomic E-state index is -1.62. The smallest absolute Gasteiger partial charge is 0.279 e. The van der Waals surface area contributed by atoms with E-state index < -0.39 is 23.4 Å². The number of halogens is 2. The summed E-state index contributed by atoms with van der Waals surface area (Å²) in [7, 11) is 0. The van der Waals surface area contributed by atoms with E-state index in [2.05, 4.69) is 15.0 Å². The zero-order chi connectivity index (χ0) is 21.5. The Balaban J connectivity index is 1.87. The van der Waals surface area contributed by atoms with Crippen LogP contribution in [0.1, 0.15) is 36.5 Å². The lowest BCUT2D eigenvalue weighted by molar-refractivity contribution is 0.219. The first-order chi connectivity index (χ1) is 14.2. The Hall–Kier alpha value is -3.62. The molecular formula is C21H19F2N5O2. The summed E-state index contributed by atoms with van der Waals surface area (Å²) in [4.78, 5) is 12.1. The van der Waals surface area contributed by atoms with E-state index in [0.717, 1.165) is 0 Å². The molecule has 0 amide bonds. The third-order valence-electron chi connectivity index (χ3n) is 4.90. The third kappa shape index (κ3) is 3.66. The Labute approximate surface area is 171 Å². The van der Waals surface area contributed by atoms with Gasteiger partial charge in [0.15, 0.2) is 0 Å². The van der Waals surface area contributed by atoms with Crippen LogP contribution >= 0.6 is 0 Å². The molecule has 7 nitrogen and oxygen atoms in total. The van der Waals surface area contributed by atoms with E-state index in [4.69, 9.17) is 20.6 Å². The summed E-state index contributed by atoms with van der Waals surface area (Å²) >= 11 is 0. The zero-order valence-corrected chi connectivity index (χ0v) is 16.3. The van der Waals surface area contributed by atoms with Crippen LogP contribution in [0.25, 0.3) is 11.1 Å². The van der Waals surface area contributed by atoms with Crippen molar-refractivity contribution in [1.82, 2.24) is 15.0 Å². The van der Waals surface area contributed by atoms with Gasteiger partial charge < -0.3 is 15.2 Å². The van der Waals surface area contributed by atoms with Crippen molar-refractivity contribution in [3.05, 3.63) is 65.6 Å². The molecular weight excluding hydrogens is 392 g/mol. The second kappa shape index (κ2) is 7.33. The molecule has 30 heavy (non-hydrogen) atoms. The zero-order valence-electron chi connectivity index (χ0n) is 16.3. The van der Waals surface area contributed by atoms with Gasteiger partial charge in [0.25, 0.3) is 6.02 Å². The highest BCUT2D eigenvalue weighted by Crippen LogP contribution is 2.46. The SMILES string of the molecule is CC(C)(F)c1cnc2c(c1)[C@H](COC(=N)N)c1cc(-c3cncnc3)c(F)cc1O2. The van der Waals surface area contributed by atoms with Crippen LogP contribution in [0, 0.1) is 11.2 Å². The third-order valence-corrected chi connectivity index (χ3v) is 4.90. The quantitative estimate of drug-likeness (QED) is 0.496. The fraction of sp³-hybridized carbons (Fsp3) is 0.238. The van der Waals surface area contributed by atoms with E-state index in [9.17, 15) is 8.78 Å². The number of benzene rings is 1. The normalized spacial score (nSPS) is 15.0. The highest BCUT2D eigenvalue weighted by molar-refractivity contribution is 5.69. The van der Waals surface area contributed by atoms with Gasteiger partial charge in [-0.15, -0.1) is 0 Å². The second-order valence-electron chi connectivity index (χ2n) is 7.42. The fourth-order valence-corrected chi connectivity index (χ4v) is 3.35. The molecule has 0 saturated carbocycles. The maximum Gasteiger partial charge on any atom is 0.279 e. The number of amidine groups is 1. The Morgan fingerprint density at radius 2 is 1.93 bits per heavy atom. The Bertz CT molecular complexity index is 1120. The topological polar surface area (TPSA) is 107 Å². The molecule has 3 N–H and O–H groups in total. The summed E-state index contributed by atoms with van der Waals surface area (Å²) in [6, 6.07) is 4.07. The van der Waals surface area contributed by atoms with Gasteiger partial charge in [-0.2, -0.15) is 0 Å². The number of fused-ring (bicyclic) bond motifs is 2. The summed E-state index contributed by atoms with van der Waals surface area (Å²) < 4.78 is 40.4. The maximum absolute atomic E-state index is 14.8. The first-order valence-electron chi connectivity index (χ1n) is 9.17. The van der Waals surface area contributed by atoms with Crippen LogP contribution in [0.3, 0.4) is 0 Å². The number of rotatable bonds is 4. The van der Waals surface area contributed by atoms with E-state index in [1.54, 1.807) is 12.1 Å². The van der Waals surface area contributed by atoms with E-state index in [1.165, 1.54) is 44.8 Å². The Morgan fingerprint density at radius 3 is 2.60 bits per heavy atom. The molecule has 0 radical (unpaired) electrons. The van der Waals surface area contributed by atoms with E-state index >= 15 is 0 Å². The summed E-state index contributed by atoms with van der Waals surface area (Å²) in [5.74, 6) is -0.536. The van der Waals surface area contributed by atoms with Crippen LogP contribution in [0.4, 0.5) is 8.78 Å². The molecule has 0 aliphatic carbocycles. The molecule has 9 heteroatoms. The van der Waals surface area contributed by atoms with E-state index in [0.29, 0.717) is 22.3 Å². The lowest BCUT2D eigenvalue weighted by Crippen LogP contribution is -2.23. The van der Waals surface area contributed by atoms with Gasteiger partial charge in [-0.25, -0.2) is 23.7 Å². The number of ether oxygens (including phenoxy) is 2. The minimum absolute atomic E-state index is 0.0209. The van der Waals surface area contributed by atoms with Gasteiger partial charge in [0.05, 0.1) is 5.92 Å². The molecule has 1 atom stereocenters. The number of alkyl halides is 1. The van der Waals surface area contributed by atoms with Gasteiger partial charge >= 0.3 is 0 Å². The van der Waals surface area contributed by atoms with Crippen molar-refractivity contribution in [2.75, 3.05) is 6.61 Å². The van der Waals surface area contributed by atoms with Crippen LogP contribution in [-0.4, -0.2) is 27.6 Å². The number of hydrogen-bond acceptors (Lipinski definition) is 6. The Kier molecular flexibility index (Phi) is 4.81. The van der Waals surface area contributed by atoms with Crippen molar-refractivity contribution >= 4 is 6.02 Å². The average Bonchev–Trinajstić information content (AvgIpc) is 2.70. The van der Waals surface area contributed by atoms with E-state index in [-0.39, 0.29) is 23.8 Å². The molecule has 0 fully saturated rings. The highest BCUT2D eigenvalue weighted by atomic mass is 19.1. The minimum Gasteiger partial charge on any atom is -0.465 e. The first kappa shape index (κ1) is 19.7. The molecule has 1 aromatic carbocycles. The molecule has 1 aliphatic heterocycles. The number of pyridine rings is 1. The Morgan fingerprint density at radius 1 is 1.20 bits per heavy atom. The lowest BCUT2D eigenvalue weighted by Gasteiger charge is -2.29.